The van der Waals surface area contributed by atoms with Crippen LogP contribution in [0.15, 0.2) is 29.8 Å². The van der Waals surface area contributed by atoms with Crippen molar-refractivity contribution in [3.8, 4) is 0 Å². The van der Waals surface area contributed by atoms with Gasteiger partial charge in [-0.3, -0.25) is 0 Å². The van der Waals surface area contributed by atoms with E-state index >= 15 is 0 Å². The van der Waals surface area contributed by atoms with Crippen LogP contribution in [0, 0.1) is 6.92 Å². The van der Waals surface area contributed by atoms with Gasteiger partial charge in [0.25, 0.3) is 0 Å². The molecule has 1 aromatic carbocycles. The molecule has 0 bridgehead atoms. The van der Waals surface area contributed by atoms with Gasteiger partial charge in [0.05, 0.1) is 4.88 Å². The standard InChI is InChI=1S/C13H17N2OS.ClH/c1-10-13(6-7-16)17-9-15(10)8-11-4-2-3-5-12(11)14;/h2-5,9,16H,6-8,14H2,1H3;1H/q+1;/p-1. The summed E-state index contributed by atoms with van der Waals surface area (Å²) in [6, 6.07) is 7.92. The molecule has 5 heteroatoms. The van der Waals surface area contributed by atoms with Crippen LogP contribution in [0.2, 0.25) is 0 Å². The summed E-state index contributed by atoms with van der Waals surface area (Å²) in [6.07, 6.45) is 0.730. The van der Waals surface area contributed by atoms with Crippen LogP contribution in [0.5, 0.6) is 0 Å². The lowest BCUT2D eigenvalue weighted by Gasteiger charge is -2.01. The van der Waals surface area contributed by atoms with E-state index in [0.717, 1.165) is 24.2 Å². The fourth-order valence-electron chi connectivity index (χ4n) is 1.81. The van der Waals surface area contributed by atoms with E-state index in [4.69, 9.17) is 10.8 Å². The molecule has 18 heavy (non-hydrogen) atoms. The van der Waals surface area contributed by atoms with Gasteiger partial charge in [0.1, 0.15) is 0 Å². The third-order valence-electron chi connectivity index (χ3n) is 2.89. The number of aromatic nitrogens is 1. The number of aliphatic hydroxyl groups is 1. The quantitative estimate of drug-likeness (QED) is 0.531. The number of nitrogens with two attached hydrogens (primary N) is 1. The van der Waals surface area contributed by atoms with Gasteiger partial charge in [-0.05, 0) is 6.07 Å². The van der Waals surface area contributed by atoms with Crippen LogP contribution in [0.4, 0.5) is 5.69 Å². The highest BCUT2D eigenvalue weighted by atomic mass is 35.5. The van der Waals surface area contributed by atoms with E-state index in [9.17, 15) is 0 Å². The monoisotopic (exact) mass is 284 g/mol. The zero-order valence-corrected chi connectivity index (χ0v) is 11.8. The maximum absolute atomic E-state index is 8.96. The molecule has 0 saturated heterocycles. The minimum atomic E-state index is 0. The van der Waals surface area contributed by atoms with E-state index in [1.807, 2.05) is 24.3 Å². The fraction of sp³-hybridized carbons (Fsp3) is 0.308. The van der Waals surface area contributed by atoms with Crippen LogP contribution < -0.4 is 22.7 Å². The number of anilines is 1. The Labute approximate surface area is 117 Å². The molecule has 2 aromatic rings. The van der Waals surface area contributed by atoms with Crippen molar-refractivity contribution in [2.75, 3.05) is 12.3 Å². The van der Waals surface area contributed by atoms with Crippen molar-refractivity contribution in [3.05, 3.63) is 45.9 Å². The second-order valence-electron chi connectivity index (χ2n) is 4.03. The number of benzene rings is 1. The summed E-state index contributed by atoms with van der Waals surface area (Å²) in [4.78, 5) is 1.24. The highest BCUT2D eigenvalue weighted by Gasteiger charge is 2.15. The van der Waals surface area contributed by atoms with Crippen LogP contribution in [-0.4, -0.2) is 11.7 Å². The Bertz CT molecular complexity index is 513. The summed E-state index contributed by atoms with van der Waals surface area (Å²) in [5.41, 5.74) is 11.2. The number of para-hydroxylation sites is 1. The molecule has 3 nitrogen and oxygen atoms in total. The molecule has 1 heterocycles. The second kappa shape index (κ2) is 6.73. The molecule has 0 spiro atoms. The molecular weight excluding hydrogens is 268 g/mol. The van der Waals surface area contributed by atoms with Gasteiger partial charge in [-0.15, -0.1) is 0 Å². The summed E-state index contributed by atoms with van der Waals surface area (Å²) in [7, 11) is 0. The van der Waals surface area contributed by atoms with Crippen LogP contribution in [0.25, 0.3) is 0 Å². The van der Waals surface area contributed by atoms with E-state index < -0.39 is 0 Å². The van der Waals surface area contributed by atoms with E-state index in [0.29, 0.717) is 0 Å². The zero-order chi connectivity index (χ0) is 12.3. The third kappa shape index (κ3) is 3.22. The van der Waals surface area contributed by atoms with Crippen LogP contribution >= 0.6 is 11.3 Å². The van der Waals surface area contributed by atoms with E-state index in [1.54, 1.807) is 11.3 Å². The van der Waals surface area contributed by atoms with Crippen molar-refractivity contribution < 1.29 is 22.1 Å². The van der Waals surface area contributed by atoms with Gasteiger partial charge in [-0.25, -0.2) is 0 Å². The highest BCUT2D eigenvalue weighted by molar-refractivity contribution is 7.09. The minimum Gasteiger partial charge on any atom is -1.00 e. The summed E-state index contributed by atoms with van der Waals surface area (Å²) in [5.74, 6) is 0. The highest BCUT2D eigenvalue weighted by Crippen LogP contribution is 2.14. The largest absolute Gasteiger partial charge is 1.00 e. The fourth-order valence-corrected chi connectivity index (χ4v) is 2.79. The molecule has 0 radical (unpaired) electrons. The molecule has 3 N–H and O–H groups in total. The normalized spacial score (nSPS) is 10.1. The maximum Gasteiger partial charge on any atom is 0.225 e. The number of nitrogen functional groups attached to an aromatic ring is 1. The predicted octanol–water partition coefficient (Wildman–Crippen LogP) is -1.49. The van der Waals surface area contributed by atoms with Crippen molar-refractivity contribution in [2.24, 2.45) is 0 Å². The summed E-state index contributed by atoms with van der Waals surface area (Å²) >= 11 is 1.69. The lowest BCUT2D eigenvalue weighted by Crippen LogP contribution is -3.00. The van der Waals surface area contributed by atoms with Gasteiger partial charge in [0, 0.05) is 31.2 Å². The molecule has 0 amide bonds. The zero-order valence-electron chi connectivity index (χ0n) is 10.3. The number of aliphatic hydroxyl groups excluding tert-OH is 1. The Morgan fingerprint density at radius 1 is 1.33 bits per heavy atom. The van der Waals surface area contributed by atoms with Gasteiger partial charge < -0.3 is 23.2 Å². The Morgan fingerprint density at radius 2 is 2.06 bits per heavy atom. The van der Waals surface area contributed by atoms with Gasteiger partial charge in [0.15, 0.2) is 12.2 Å². The number of thiazole rings is 1. The van der Waals surface area contributed by atoms with Crippen molar-refractivity contribution in [2.45, 2.75) is 19.9 Å². The van der Waals surface area contributed by atoms with Crippen molar-refractivity contribution in [1.82, 2.24) is 0 Å². The van der Waals surface area contributed by atoms with E-state index in [-0.39, 0.29) is 19.0 Å². The maximum atomic E-state index is 8.96. The average molecular weight is 285 g/mol. The molecule has 1 aromatic heterocycles. The van der Waals surface area contributed by atoms with Crippen molar-refractivity contribution in [1.29, 1.82) is 0 Å². The Hall–Kier alpha value is -1.10. The number of rotatable bonds is 4. The molecular formula is C13H17ClN2OS. The van der Waals surface area contributed by atoms with Crippen LogP contribution in [-0.2, 0) is 13.0 Å². The summed E-state index contributed by atoms with van der Waals surface area (Å²) < 4.78 is 2.18. The second-order valence-corrected chi connectivity index (χ2v) is 4.97. The van der Waals surface area contributed by atoms with Crippen molar-refractivity contribution in [3.63, 3.8) is 0 Å². The summed E-state index contributed by atoms with van der Waals surface area (Å²) in [5, 5.41) is 8.96. The van der Waals surface area contributed by atoms with Crippen molar-refractivity contribution >= 4 is 17.0 Å². The van der Waals surface area contributed by atoms with E-state index in [1.165, 1.54) is 10.6 Å². The molecule has 0 aliphatic rings. The Kier molecular flexibility index (Phi) is 5.59. The van der Waals surface area contributed by atoms with E-state index in [2.05, 4.69) is 17.0 Å². The Balaban J connectivity index is 0.00000162. The predicted molar refractivity (Wildman–Crippen MR) is 70.0 cm³/mol. The number of hydrogen-bond acceptors (Lipinski definition) is 3. The lowest BCUT2D eigenvalue weighted by molar-refractivity contribution is -0.689. The molecule has 0 unspecified atom stereocenters. The van der Waals surface area contributed by atoms with Gasteiger partial charge in [-0.1, -0.05) is 29.5 Å². The lowest BCUT2D eigenvalue weighted by atomic mass is 10.2. The molecule has 0 aliphatic carbocycles. The minimum absolute atomic E-state index is 0. The van der Waals surface area contributed by atoms with Crippen LogP contribution in [0.1, 0.15) is 16.1 Å². The van der Waals surface area contributed by atoms with Crippen LogP contribution in [0.3, 0.4) is 0 Å². The number of halogens is 1. The summed E-state index contributed by atoms with van der Waals surface area (Å²) in [6.45, 7) is 3.08. The smallest absolute Gasteiger partial charge is 0.225 e. The first kappa shape index (κ1) is 15.0. The Morgan fingerprint density at radius 3 is 2.72 bits per heavy atom. The molecule has 0 aliphatic heterocycles. The topological polar surface area (TPSA) is 50.1 Å². The molecule has 2 rings (SSSR count). The number of hydrogen-bond donors (Lipinski definition) is 2. The third-order valence-corrected chi connectivity index (χ3v) is 4.04. The van der Waals surface area contributed by atoms with Gasteiger partial charge in [-0.2, -0.15) is 4.57 Å². The average Bonchev–Trinajstić information content (AvgIpc) is 2.65. The van der Waals surface area contributed by atoms with Gasteiger partial charge in [0.2, 0.25) is 5.51 Å². The molecule has 0 fully saturated rings. The number of nitrogens with zero attached hydrogens (tertiary/aromatic N) is 1. The molecule has 0 saturated carbocycles. The molecule has 98 valence electrons. The SMILES string of the molecule is Cc1c(CCO)sc[n+]1Cc1ccccc1N.[Cl-]. The first-order chi connectivity index (χ1) is 8.22. The van der Waals surface area contributed by atoms with Gasteiger partial charge >= 0.3 is 0 Å². The first-order valence-electron chi connectivity index (χ1n) is 5.63. The first-order valence-corrected chi connectivity index (χ1v) is 6.51. The molecule has 0 atom stereocenters.